The van der Waals surface area contributed by atoms with Crippen molar-refractivity contribution in [2.24, 2.45) is 0 Å². The van der Waals surface area contributed by atoms with Gasteiger partial charge in [0.05, 0.1) is 13.2 Å². The van der Waals surface area contributed by atoms with Gasteiger partial charge in [0.15, 0.2) is 6.10 Å². The molecule has 1 rings (SSSR count). The number of nitrogens with zero attached hydrogens (tertiary/aromatic N) is 1. The predicted octanol–water partition coefficient (Wildman–Crippen LogP) is 0.115. The minimum atomic E-state index is -1.03. The summed E-state index contributed by atoms with van der Waals surface area (Å²) in [5, 5.41) is 8.79. The van der Waals surface area contributed by atoms with E-state index in [-0.39, 0.29) is 25.7 Å². The molecule has 0 saturated carbocycles. The van der Waals surface area contributed by atoms with E-state index in [2.05, 4.69) is 0 Å². The Morgan fingerprint density at radius 3 is 2.94 bits per heavy atom. The molecular formula is C11H19NO5. The molecular weight excluding hydrogens is 226 g/mol. The Bertz CT molecular complexity index is 269. The maximum absolute atomic E-state index is 11.7. The van der Waals surface area contributed by atoms with Crippen LogP contribution in [0.5, 0.6) is 0 Å². The van der Waals surface area contributed by atoms with Crippen molar-refractivity contribution < 1.29 is 24.2 Å². The molecule has 0 bridgehead atoms. The smallest absolute Gasteiger partial charge is 0.334 e. The normalized spacial score (nSPS) is 20.3. The van der Waals surface area contributed by atoms with Gasteiger partial charge in [-0.3, -0.25) is 4.79 Å². The Balaban J connectivity index is 2.28. The topological polar surface area (TPSA) is 76.1 Å². The average molecular weight is 245 g/mol. The van der Waals surface area contributed by atoms with Crippen molar-refractivity contribution in [1.82, 2.24) is 4.90 Å². The number of hydrogen-bond acceptors (Lipinski definition) is 4. The van der Waals surface area contributed by atoms with Crippen LogP contribution in [0, 0.1) is 0 Å². The van der Waals surface area contributed by atoms with Gasteiger partial charge in [-0.15, -0.1) is 0 Å². The van der Waals surface area contributed by atoms with Crippen LogP contribution in [-0.4, -0.2) is 60.9 Å². The highest BCUT2D eigenvalue weighted by atomic mass is 16.5. The van der Waals surface area contributed by atoms with Gasteiger partial charge in [0.1, 0.15) is 6.61 Å². The number of unbranched alkanes of at least 4 members (excludes halogenated alkanes) is 1. The highest BCUT2D eigenvalue weighted by Crippen LogP contribution is 2.06. The van der Waals surface area contributed by atoms with Crippen molar-refractivity contribution in [2.75, 3.05) is 32.9 Å². The molecule has 98 valence electrons. The molecule has 1 saturated heterocycles. The third-order valence-corrected chi connectivity index (χ3v) is 2.56. The van der Waals surface area contributed by atoms with Gasteiger partial charge in [0.2, 0.25) is 5.91 Å². The number of rotatable bonds is 6. The Morgan fingerprint density at radius 1 is 1.53 bits per heavy atom. The SMILES string of the molecule is CCCCOCC(=O)N1CCOC(C(=O)O)C1. The van der Waals surface area contributed by atoms with E-state index in [0.717, 1.165) is 12.8 Å². The summed E-state index contributed by atoms with van der Waals surface area (Å²) in [4.78, 5) is 23.9. The van der Waals surface area contributed by atoms with Crippen LogP contribution in [0.15, 0.2) is 0 Å². The van der Waals surface area contributed by atoms with Gasteiger partial charge in [-0.05, 0) is 6.42 Å². The number of morpholine rings is 1. The fraction of sp³-hybridized carbons (Fsp3) is 0.818. The molecule has 17 heavy (non-hydrogen) atoms. The predicted molar refractivity (Wildman–Crippen MR) is 59.7 cm³/mol. The summed E-state index contributed by atoms with van der Waals surface area (Å²) < 4.78 is 10.2. The summed E-state index contributed by atoms with van der Waals surface area (Å²) in [6.07, 6.45) is 1.03. The largest absolute Gasteiger partial charge is 0.479 e. The molecule has 0 aromatic carbocycles. The van der Waals surface area contributed by atoms with E-state index < -0.39 is 12.1 Å². The van der Waals surface area contributed by atoms with Crippen LogP contribution in [0.25, 0.3) is 0 Å². The van der Waals surface area contributed by atoms with Crippen LogP contribution in [0.1, 0.15) is 19.8 Å². The van der Waals surface area contributed by atoms with Crippen LogP contribution in [0.2, 0.25) is 0 Å². The molecule has 1 unspecified atom stereocenters. The lowest BCUT2D eigenvalue weighted by atomic mass is 10.2. The minimum Gasteiger partial charge on any atom is -0.479 e. The van der Waals surface area contributed by atoms with E-state index in [0.29, 0.717) is 13.2 Å². The first kappa shape index (κ1) is 13.9. The summed E-state index contributed by atoms with van der Waals surface area (Å²) in [6, 6.07) is 0. The Labute approximate surface area is 100 Å². The molecule has 1 amide bonds. The Kier molecular flexibility index (Phi) is 5.93. The third-order valence-electron chi connectivity index (χ3n) is 2.56. The number of ether oxygens (including phenoxy) is 2. The first-order chi connectivity index (χ1) is 8.15. The van der Waals surface area contributed by atoms with Gasteiger partial charge >= 0.3 is 5.97 Å². The molecule has 1 N–H and O–H groups in total. The number of carboxylic acids is 1. The molecule has 1 aliphatic heterocycles. The zero-order valence-corrected chi connectivity index (χ0v) is 10.1. The maximum Gasteiger partial charge on any atom is 0.334 e. The fourth-order valence-corrected chi connectivity index (χ4v) is 1.52. The Hall–Kier alpha value is -1.14. The lowest BCUT2D eigenvalue weighted by Crippen LogP contribution is -2.49. The molecule has 0 spiro atoms. The molecule has 0 aliphatic carbocycles. The summed E-state index contributed by atoms with van der Waals surface area (Å²) >= 11 is 0. The van der Waals surface area contributed by atoms with E-state index in [9.17, 15) is 9.59 Å². The number of carbonyl (C=O) groups excluding carboxylic acids is 1. The highest BCUT2D eigenvalue weighted by molar-refractivity contribution is 5.79. The van der Waals surface area contributed by atoms with Crippen LogP contribution >= 0.6 is 0 Å². The molecule has 6 nitrogen and oxygen atoms in total. The van der Waals surface area contributed by atoms with Crippen molar-refractivity contribution in [3.8, 4) is 0 Å². The second kappa shape index (κ2) is 7.24. The zero-order valence-electron chi connectivity index (χ0n) is 10.1. The van der Waals surface area contributed by atoms with Gasteiger partial charge in [0.25, 0.3) is 0 Å². The van der Waals surface area contributed by atoms with E-state index >= 15 is 0 Å². The van der Waals surface area contributed by atoms with Crippen molar-refractivity contribution in [3.05, 3.63) is 0 Å². The number of amides is 1. The van der Waals surface area contributed by atoms with Gasteiger partial charge in [0, 0.05) is 13.2 Å². The van der Waals surface area contributed by atoms with Gasteiger partial charge in [-0.25, -0.2) is 4.79 Å². The molecule has 0 aromatic heterocycles. The fourth-order valence-electron chi connectivity index (χ4n) is 1.52. The number of aliphatic carboxylic acids is 1. The van der Waals surface area contributed by atoms with Crippen LogP contribution < -0.4 is 0 Å². The first-order valence-electron chi connectivity index (χ1n) is 5.85. The molecule has 1 fully saturated rings. The molecule has 0 radical (unpaired) electrons. The van der Waals surface area contributed by atoms with E-state index in [1.54, 1.807) is 0 Å². The maximum atomic E-state index is 11.7. The monoisotopic (exact) mass is 245 g/mol. The number of carboxylic acid groups (broad SMARTS) is 1. The van der Waals surface area contributed by atoms with Gasteiger partial charge in [-0.2, -0.15) is 0 Å². The molecule has 0 aromatic rings. The van der Waals surface area contributed by atoms with E-state index in [1.807, 2.05) is 6.92 Å². The third kappa shape index (κ3) is 4.70. The summed E-state index contributed by atoms with van der Waals surface area (Å²) in [5.74, 6) is -1.20. The standard InChI is InChI=1S/C11H19NO5/c1-2-3-5-16-8-10(13)12-4-6-17-9(7-12)11(14)15/h9H,2-8H2,1H3,(H,14,15). The van der Waals surface area contributed by atoms with Crippen LogP contribution in [0.4, 0.5) is 0 Å². The number of carbonyl (C=O) groups is 2. The van der Waals surface area contributed by atoms with Crippen LogP contribution in [-0.2, 0) is 19.1 Å². The first-order valence-corrected chi connectivity index (χ1v) is 5.85. The molecule has 1 heterocycles. The van der Waals surface area contributed by atoms with Crippen molar-refractivity contribution >= 4 is 11.9 Å². The van der Waals surface area contributed by atoms with Crippen molar-refractivity contribution in [2.45, 2.75) is 25.9 Å². The lowest BCUT2D eigenvalue weighted by molar-refractivity contribution is -0.160. The quantitative estimate of drug-likeness (QED) is 0.672. The molecule has 1 atom stereocenters. The van der Waals surface area contributed by atoms with Crippen LogP contribution in [0.3, 0.4) is 0 Å². The highest BCUT2D eigenvalue weighted by Gasteiger charge is 2.28. The summed E-state index contributed by atoms with van der Waals surface area (Å²) in [7, 11) is 0. The number of hydrogen-bond donors (Lipinski definition) is 1. The van der Waals surface area contributed by atoms with Gasteiger partial charge in [-0.1, -0.05) is 13.3 Å². The minimum absolute atomic E-state index is 0.0202. The molecule has 6 heteroatoms. The van der Waals surface area contributed by atoms with E-state index in [4.69, 9.17) is 14.6 Å². The second-order valence-corrected chi connectivity index (χ2v) is 3.94. The van der Waals surface area contributed by atoms with E-state index in [1.165, 1.54) is 4.90 Å². The lowest BCUT2D eigenvalue weighted by Gasteiger charge is -2.30. The Morgan fingerprint density at radius 2 is 2.29 bits per heavy atom. The zero-order chi connectivity index (χ0) is 12.7. The average Bonchev–Trinajstić information content (AvgIpc) is 2.34. The second-order valence-electron chi connectivity index (χ2n) is 3.94. The van der Waals surface area contributed by atoms with Crippen molar-refractivity contribution in [3.63, 3.8) is 0 Å². The molecule has 1 aliphatic rings. The summed E-state index contributed by atoms with van der Waals surface area (Å²) in [5.41, 5.74) is 0. The van der Waals surface area contributed by atoms with Crippen molar-refractivity contribution in [1.29, 1.82) is 0 Å². The van der Waals surface area contributed by atoms with Gasteiger partial charge < -0.3 is 19.5 Å². The summed E-state index contributed by atoms with van der Waals surface area (Å²) in [6.45, 7) is 3.43.